The van der Waals surface area contributed by atoms with Gasteiger partial charge >= 0.3 is 0 Å². The minimum atomic E-state index is -0.375. The number of anilines is 1. The Hall–Kier alpha value is -1.83. The lowest BCUT2D eigenvalue weighted by Gasteiger charge is -2.27. The smallest absolute Gasteiger partial charge is 0.266 e. The third kappa shape index (κ3) is 3.25. The molecular weight excluding hydrogens is 510 g/mol. The van der Waals surface area contributed by atoms with Crippen LogP contribution >= 0.6 is 45.8 Å². The van der Waals surface area contributed by atoms with Crippen LogP contribution in [0.15, 0.2) is 65.5 Å². The van der Waals surface area contributed by atoms with Gasteiger partial charge in [-0.05, 0) is 70.1 Å². The molecule has 1 aromatic heterocycles. The Kier molecular flexibility index (Phi) is 5.24. The number of hydrogen-bond acceptors (Lipinski definition) is 2. The van der Waals surface area contributed by atoms with Crippen molar-refractivity contribution in [1.82, 2.24) is 4.57 Å². The van der Waals surface area contributed by atoms with Crippen LogP contribution in [-0.4, -0.2) is 10.5 Å². The third-order valence-corrected chi connectivity index (χ3v) is 6.24. The number of hydrogen-bond donors (Lipinski definition) is 0. The number of halogens is 3. The van der Waals surface area contributed by atoms with Gasteiger partial charge in [-0.2, -0.15) is 0 Å². The maximum absolute atomic E-state index is 13.1. The second kappa shape index (κ2) is 7.54. The van der Waals surface area contributed by atoms with Gasteiger partial charge in [-0.1, -0.05) is 47.5 Å². The van der Waals surface area contributed by atoms with E-state index in [1.807, 2.05) is 52.9 Å². The zero-order valence-electron chi connectivity index (χ0n) is 14.8. The average molecular weight is 525 g/mol. The van der Waals surface area contributed by atoms with E-state index < -0.39 is 0 Å². The summed E-state index contributed by atoms with van der Waals surface area (Å²) in [6.45, 7) is 1.51. The largest absolute Gasteiger partial charge is 0.288 e. The molecule has 1 aliphatic heterocycles. The number of rotatable bonds is 2. The van der Waals surface area contributed by atoms with E-state index in [-0.39, 0.29) is 23.6 Å². The van der Waals surface area contributed by atoms with Crippen LogP contribution in [0, 0.1) is 3.57 Å². The summed E-state index contributed by atoms with van der Waals surface area (Å²) in [5, 5.41) is 1.23. The predicted octanol–water partition coefficient (Wildman–Crippen LogP) is 5.46. The van der Waals surface area contributed by atoms with Crippen LogP contribution in [0.25, 0.3) is 0 Å². The molecule has 4 rings (SSSR count). The maximum Gasteiger partial charge on any atom is 0.266 e. The molecule has 0 radical (unpaired) electrons. The molecule has 1 aliphatic rings. The molecular formula is C21H15Cl2IN2O2. The van der Waals surface area contributed by atoms with Crippen molar-refractivity contribution in [2.75, 3.05) is 4.90 Å². The molecule has 0 spiro atoms. The minimum Gasteiger partial charge on any atom is -0.288 e. The van der Waals surface area contributed by atoms with Gasteiger partial charge in [-0.3, -0.25) is 19.1 Å². The molecule has 3 aromatic rings. The standard InChI is InChI=1S/C21H15Cl2IN2O2/c1-12(27)25-18-11-10-17(24)21(28)26(18)20(14-4-8-16(23)9-5-14)19(25)13-2-6-15(22)7-3-13/h2-11,19-20H,1H3/t19-,20+/m1/s1. The highest BCUT2D eigenvalue weighted by Gasteiger charge is 2.43. The zero-order valence-corrected chi connectivity index (χ0v) is 18.4. The van der Waals surface area contributed by atoms with Crippen LogP contribution in [0.3, 0.4) is 0 Å². The molecule has 0 bridgehead atoms. The van der Waals surface area contributed by atoms with Crippen molar-refractivity contribution in [3.8, 4) is 0 Å². The van der Waals surface area contributed by atoms with Gasteiger partial charge in [0.2, 0.25) is 5.91 Å². The van der Waals surface area contributed by atoms with Gasteiger partial charge in [0.05, 0.1) is 15.7 Å². The first-order valence-electron chi connectivity index (χ1n) is 8.60. The fourth-order valence-electron chi connectivity index (χ4n) is 3.75. The molecule has 0 N–H and O–H groups in total. The SMILES string of the molecule is CC(=O)N1c2ccc(I)c(=O)n2[C@@H](c2ccc(Cl)cc2)[C@H]1c1ccc(Cl)cc1. The van der Waals surface area contributed by atoms with Crippen molar-refractivity contribution in [3.05, 3.63) is 95.8 Å². The molecule has 2 aromatic carbocycles. The van der Waals surface area contributed by atoms with Crippen LogP contribution in [0.4, 0.5) is 5.82 Å². The van der Waals surface area contributed by atoms with E-state index in [4.69, 9.17) is 23.2 Å². The van der Waals surface area contributed by atoms with Gasteiger partial charge in [0.25, 0.3) is 5.56 Å². The topological polar surface area (TPSA) is 42.3 Å². The van der Waals surface area contributed by atoms with Crippen LogP contribution in [0.1, 0.15) is 30.1 Å². The normalized spacial score (nSPS) is 18.2. The maximum atomic E-state index is 13.1. The number of fused-ring (bicyclic) bond motifs is 1. The quantitative estimate of drug-likeness (QED) is 0.418. The van der Waals surface area contributed by atoms with Crippen molar-refractivity contribution in [2.45, 2.75) is 19.0 Å². The summed E-state index contributed by atoms with van der Waals surface area (Å²) >= 11 is 14.2. The number of nitrogens with zero attached hydrogens (tertiary/aromatic N) is 2. The summed E-state index contributed by atoms with van der Waals surface area (Å²) < 4.78 is 2.30. The molecule has 0 fully saturated rings. The molecule has 0 saturated heterocycles. The Morgan fingerprint density at radius 3 is 1.86 bits per heavy atom. The predicted molar refractivity (Wildman–Crippen MR) is 120 cm³/mol. The Morgan fingerprint density at radius 1 is 0.857 bits per heavy atom. The van der Waals surface area contributed by atoms with Crippen molar-refractivity contribution in [3.63, 3.8) is 0 Å². The monoisotopic (exact) mass is 524 g/mol. The summed E-state index contributed by atoms with van der Waals surface area (Å²) in [7, 11) is 0. The lowest BCUT2D eigenvalue weighted by atomic mass is 9.93. The molecule has 28 heavy (non-hydrogen) atoms. The Morgan fingerprint density at radius 2 is 1.36 bits per heavy atom. The number of carbonyl (C=O) groups excluding carboxylic acids is 1. The fourth-order valence-corrected chi connectivity index (χ4v) is 4.44. The van der Waals surface area contributed by atoms with Crippen molar-refractivity contribution >= 4 is 57.5 Å². The van der Waals surface area contributed by atoms with E-state index in [2.05, 4.69) is 0 Å². The van der Waals surface area contributed by atoms with Crippen LogP contribution in [-0.2, 0) is 4.79 Å². The van der Waals surface area contributed by atoms with E-state index >= 15 is 0 Å². The summed E-state index contributed by atoms with van der Waals surface area (Å²) in [4.78, 5) is 27.4. The second-order valence-electron chi connectivity index (χ2n) is 6.60. The van der Waals surface area contributed by atoms with E-state index in [1.165, 1.54) is 6.92 Å². The molecule has 7 heteroatoms. The van der Waals surface area contributed by atoms with Gasteiger partial charge < -0.3 is 0 Å². The Labute approximate surface area is 185 Å². The van der Waals surface area contributed by atoms with Gasteiger partial charge in [0, 0.05) is 17.0 Å². The van der Waals surface area contributed by atoms with Gasteiger partial charge in [-0.15, -0.1) is 0 Å². The Balaban J connectivity index is 2.01. The molecule has 0 unspecified atom stereocenters. The summed E-state index contributed by atoms with van der Waals surface area (Å²) in [6.07, 6.45) is 0. The Bertz CT molecular complexity index is 1110. The second-order valence-corrected chi connectivity index (χ2v) is 8.63. The molecule has 4 nitrogen and oxygen atoms in total. The van der Waals surface area contributed by atoms with Gasteiger partial charge in [0.1, 0.15) is 5.82 Å². The number of aromatic nitrogens is 1. The summed E-state index contributed by atoms with van der Waals surface area (Å²) in [6, 6.07) is 17.6. The fraction of sp³-hybridized carbons (Fsp3) is 0.143. The lowest BCUT2D eigenvalue weighted by Crippen LogP contribution is -2.31. The highest BCUT2D eigenvalue weighted by atomic mass is 127. The van der Waals surface area contributed by atoms with Crippen LogP contribution in [0.2, 0.25) is 10.0 Å². The number of benzene rings is 2. The van der Waals surface area contributed by atoms with Crippen molar-refractivity contribution in [2.24, 2.45) is 0 Å². The van der Waals surface area contributed by atoms with E-state index in [9.17, 15) is 9.59 Å². The number of pyridine rings is 1. The van der Waals surface area contributed by atoms with Crippen LogP contribution < -0.4 is 10.5 Å². The van der Waals surface area contributed by atoms with Gasteiger partial charge in [0.15, 0.2) is 0 Å². The van der Waals surface area contributed by atoms with Crippen LogP contribution in [0.5, 0.6) is 0 Å². The third-order valence-electron chi connectivity index (χ3n) is 4.91. The highest BCUT2D eigenvalue weighted by molar-refractivity contribution is 14.1. The highest BCUT2D eigenvalue weighted by Crippen LogP contribution is 2.46. The lowest BCUT2D eigenvalue weighted by molar-refractivity contribution is -0.117. The zero-order chi connectivity index (χ0) is 20.0. The molecule has 142 valence electrons. The molecule has 2 atom stereocenters. The first-order valence-corrected chi connectivity index (χ1v) is 10.4. The van der Waals surface area contributed by atoms with Crippen molar-refractivity contribution < 1.29 is 4.79 Å². The number of amides is 1. The van der Waals surface area contributed by atoms with Gasteiger partial charge in [-0.25, -0.2) is 0 Å². The molecule has 2 heterocycles. The molecule has 0 saturated carbocycles. The van der Waals surface area contributed by atoms with E-state index in [0.717, 1.165) is 11.1 Å². The van der Waals surface area contributed by atoms with E-state index in [0.29, 0.717) is 19.4 Å². The first kappa shape index (κ1) is 19.5. The summed E-state index contributed by atoms with van der Waals surface area (Å²) in [5.74, 6) is 0.448. The average Bonchev–Trinajstić information content (AvgIpc) is 3.02. The first-order chi connectivity index (χ1) is 13.4. The summed E-state index contributed by atoms with van der Waals surface area (Å²) in [5.41, 5.74) is 1.68. The number of carbonyl (C=O) groups is 1. The van der Waals surface area contributed by atoms with E-state index in [1.54, 1.807) is 39.8 Å². The minimum absolute atomic E-state index is 0.124. The molecule has 0 aliphatic carbocycles. The van der Waals surface area contributed by atoms with Crippen molar-refractivity contribution in [1.29, 1.82) is 0 Å². The molecule has 1 amide bonds.